The number of hydrogen-bond donors (Lipinski definition) is 0. The molecule has 5 aliphatic rings. The first-order chi connectivity index (χ1) is 10.3. The van der Waals surface area contributed by atoms with E-state index in [0.717, 1.165) is 11.5 Å². The van der Waals surface area contributed by atoms with E-state index in [9.17, 15) is 0 Å². The van der Waals surface area contributed by atoms with Gasteiger partial charge in [-0.05, 0) is 43.6 Å². The molecule has 1 aromatic rings. The quantitative estimate of drug-likeness (QED) is 0.789. The van der Waals surface area contributed by atoms with Crippen LogP contribution in [0.5, 0.6) is 11.5 Å². The van der Waals surface area contributed by atoms with Gasteiger partial charge in [-0.1, -0.05) is 6.07 Å². The molecule has 0 radical (unpaired) electrons. The SMILES string of the molecule is CN1N=C2C3CCN(CC3)[C@@H]2[C@@H]1c1ccc2c(c1)OCO2. The van der Waals surface area contributed by atoms with Crippen LogP contribution in [0.25, 0.3) is 0 Å². The van der Waals surface area contributed by atoms with Gasteiger partial charge < -0.3 is 9.47 Å². The van der Waals surface area contributed by atoms with Crippen LogP contribution in [0.1, 0.15) is 24.4 Å². The average Bonchev–Trinajstić information content (AvgIpc) is 3.11. The molecule has 2 bridgehead atoms. The summed E-state index contributed by atoms with van der Waals surface area (Å²) in [6.07, 6.45) is 2.55. The molecular formula is C16H19N3O2. The Labute approximate surface area is 124 Å². The fraction of sp³-hybridized carbons (Fsp3) is 0.562. The standard InChI is InChI=1S/C16H19N3O2/c1-18-15(11-2-3-12-13(8-11)21-9-20-12)16-14(17-18)10-4-6-19(16)7-5-10/h2-3,8,10,15-16H,4-7,9H2,1H3/t15-,16-/m0/s1. The first kappa shape index (κ1) is 11.9. The number of hydrogen-bond acceptors (Lipinski definition) is 5. The van der Waals surface area contributed by atoms with Gasteiger partial charge in [-0.2, -0.15) is 5.10 Å². The van der Waals surface area contributed by atoms with Gasteiger partial charge in [0.05, 0.1) is 17.8 Å². The highest BCUT2D eigenvalue weighted by Crippen LogP contribution is 2.44. The van der Waals surface area contributed by atoms with Crippen LogP contribution in [-0.4, -0.2) is 48.6 Å². The van der Waals surface area contributed by atoms with Crippen molar-refractivity contribution in [1.29, 1.82) is 0 Å². The third kappa shape index (κ3) is 1.58. The third-order valence-corrected chi connectivity index (χ3v) is 5.36. The van der Waals surface area contributed by atoms with Crippen molar-refractivity contribution in [3.8, 4) is 11.5 Å². The Hall–Kier alpha value is -1.75. The van der Waals surface area contributed by atoms with Gasteiger partial charge in [-0.25, -0.2) is 0 Å². The van der Waals surface area contributed by atoms with E-state index in [1.165, 1.54) is 37.2 Å². The Morgan fingerprint density at radius 3 is 2.76 bits per heavy atom. The molecule has 0 N–H and O–H groups in total. The third-order valence-electron chi connectivity index (χ3n) is 5.36. The molecule has 0 aromatic heterocycles. The first-order valence-corrected chi connectivity index (χ1v) is 7.76. The van der Waals surface area contributed by atoms with E-state index in [-0.39, 0.29) is 0 Å². The Bertz CT molecular complexity index is 622. The van der Waals surface area contributed by atoms with Crippen LogP contribution in [0.4, 0.5) is 0 Å². The normalized spacial score (nSPS) is 35.9. The monoisotopic (exact) mass is 285 g/mol. The second-order valence-corrected chi connectivity index (χ2v) is 6.41. The summed E-state index contributed by atoms with van der Waals surface area (Å²) in [4.78, 5) is 2.61. The molecule has 0 unspecified atom stereocenters. The molecular weight excluding hydrogens is 266 g/mol. The molecule has 3 fully saturated rings. The Morgan fingerprint density at radius 2 is 1.90 bits per heavy atom. The minimum atomic E-state index is 0.303. The van der Waals surface area contributed by atoms with E-state index in [1.54, 1.807) is 0 Å². The molecule has 0 aliphatic carbocycles. The summed E-state index contributed by atoms with van der Waals surface area (Å²) in [6.45, 7) is 2.76. The summed E-state index contributed by atoms with van der Waals surface area (Å²) >= 11 is 0. The Balaban J connectivity index is 1.55. The van der Waals surface area contributed by atoms with Crippen LogP contribution >= 0.6 is 0 Å². The lowest BCUT2D eigenvalue weighted by Gasteiger charge is -2.46. The van der Waals surface area contributed by atoms with Gasteiger partial charge >= 0.3 is 0 Å². The summed E-state index contributed by atoms with van der Waals surface area (Å²) in [5.74, 6) is 2.41. The van der Waals surface area contributed by atoms with Crippen molar-refractivity contribution < 1.29 is 9.47 Å². The Kier molecular flexibility index (Phi) is 2.33. The molecule has 6 rings (SSSR count). The number of nitrogens with zero attached hydrogens (tertiary/aromatic N) is 3. The predicted octanol–water partition coefficient (Wildman–Crippen LogP) is 1.85. The molecule has 21 heavy (non-hydrogen) atoms. The fourth-order valence-electron chi connectivity index (χ4n) is 4.35. The molecule has 1 aromatic carbocycles. The molecule has 2 atom stereocenters. The maximum atomic E-state index is 5.54. The highest BCUT2D eigenvalue weighted by Gasteiger charge is 2.48. The summed E-state index contributed by atoms with van der Waals surface area (Å²) in [7, 11) is 2.10. The largest absolute Gasteiger partial charge is 0.454 e. The summed E-state index contributed by atoms with van der Waals surface area (Å²) in [6, 6.07) is 7.07. The van der Waals surface area contributed by atoms with Crippen molar-refractivity contribution in [2.45, 2.75) is 24.9 Å². The van der Waals surface area contributed by atoms with Gasteiger partial charge in [0.2, 0.25) is 6.79 Å². The second kappa shape index (κ2) is 4.13. The molecule has 5 heterocycles. The van der Waals surface area contributed by atoms with Crippen molar-refractivity contribution in [2.24, 2.45) is 11.0 Å². The lowest BCUT2D eigenvalue weighted by atomic mass is 9.78. The predicted molar refractivity (Wildman–Crippen MR) is 78.6 cm³/mol. The molecule has 5 nitrogen and oxygen atoms in total. The van der Waals surface area contributed by atoms with Gasteiger partial charge in [-0.15, -0.1) is 0 Å². The molecule has 0 spiro atoms. The number of hydrazone groups is 1. The zero-order valence-corrected chi connectivity index (χ0v) is 12.2. The van der Waals surface area contributed by atoms with Crippen LogP contribution in [0, 0.1) is 5.92 Å². The molecule has 3 saturated heterocycles. The number of benzene rings is 1. The number of piperidine rings is 3. The summed E-state index contributed by atoms with van der Waals surface area (Å²) < 4.78 is 11.0. The summed E-state index contributed by atoms with van der Waals surface area (Å²) in [5.41, 5.74) is 2.68. The molecule has 110 valence electrons. The fourth-order valence-corrected chi connectivity index (χ4v) is 4.35. The molecule has 0 saturated carbocycles. The van der Waals surface area contributed by atoms with E-state index in [0.29, 0.717) is 24.8 Å². The van der Waals surface area contributed by atoms with Crippen LogP contribution in [0.15, 0.2) is 23.3 Å². The number of rotatable bonds is 1. The number of ether oxygens (including phenoxy) is 2. The zero-order chi connectivity index (χ0) is 14.0. The van der Waals surface area contributed by atoms with Gasteiger partial charge in [0, 0.05) is 13.0 Å². The second-order valence-electron chi connectivity index (χ2n) is 6.41. The van der Waals surface area contributed by atoms with Crippen molar-refractivity contribution >= 4 is 5.71 Å². The zero-order valence-electron chi connectivity index (χ0n) is 12.2. The van der Waals surface area contributed by atoms with Gasteiger partial charge in [0.25, 0.3) is 0 Å². The van der Waals surface area contributed by atoms with Crippen LogP contribution in [0.3, 0.4) is 0 Å². The molecule has 0 amide bonds. The van der Waals surface area contributed by atoms with Crippen molar-refractivity contribution in [3.63, 3.8) is 0 Å². The Morgan fingerprint density at radius 1 is 1.10 bits per heavy atom. The van der Waals surface area contributed by atoms with E-state index < -0.39 is 0 Å². The highest BCUT2D eigenvalue weighted by atomic mass is 16.7. The smallest absolute Gasteiger partial charge is 0.231 e. The minimum absolute atomic E-state index is 0.303. The van der Waals surface area contributed by atoms with E-state index in [2.05, 4.69) is 29.1 Å². The van der Waals surface area contributed by atoms with E-state index >= 15 is 0 Å². The van der Waals surface area contributed by atoms with Gasteiger partial charge in [-0.3, -0.25) is 9.91 Å². The first-order valence-electron chi connectivity index (χ1n) is 7.76. The van der Waals surface area contributed by atoms with E-state index in [1.807, 2.05) is 6.07 Å². The van der Waals surface area contributed by atoms with Gasteiger partial charge in [0.15, 0.2) is 11.5 Å². The lowest BCUT2D eigenvalue weighted by molar-refractivity contribution is 0.106. The number of likely N-dealkylation sites (N-methyl/N-ethyl adjacent to an activating group) is 1. The number of fused-ring (bicyclic) bond motifs is 3. The topological polar surface area (TPSA) is 37.3 Å². The maximum absolute atomic E-state index is 5.54. The minimum Gasteiger partial charge on any atom is -0.454 e. The van der Waals surface area contributed by atoms with Crippen molar-refractivity contribution in [1.82, 2.24) is 9.91 Å². The van der Waals surface area contributed by atoms with Crippen LogP contribution in [-0.2, 0) is 0 Å². The van der Waals surface area contributed by atoms with Crippen LogP contribution < -0.4 is 9.47 Å². The van der Waals surface area contributed by atoms with E-state index in [4.69, 9.17) is 14.6 Å². The lowest BCUT2D eigenvalue weighted by Crippen LogP contribution is -2.56. The van der Waals surface area contributed by atoms with Crippen molar-refractivity contribution in [2.75, 3.05) is 26.9 Å². The van der Waals surface area contributed by atoms with Crippen LogP contribution in [0.2, 0.25) is 0 Å². The molecule has 5 heteroatoms. The maximum Gasteiger partial charge on any atom is 0.231 e. The van der Waals surface area contributed by atoms with Crippen molar-refractivity contribution in [3.05, 3.63) is 23.8 Å². The summed E-state index contributed by atoms with van der Waals surface area (Å²) in [5, 5.41) is 7.03. The molecule has 5 aliphatic heterocycles. The van der Waals surface area contributed by atoms with Gasteiger partial charge in [0.1, 0.15) is 0 Å². The highest BCUT2D eigenvalue weighted by molar-refractivity contribution is 5.95. The average molecular weight is 285 g/mol.